The SMILES string of the molecule is Cc1nn(C(C)(C)C)c2nc(C3CC3)cc(C(=O)NCc3ccc(S(=O)(=O)N(C)C(C)C)cc3)c12. The molecule has 3 aromatic rings. The van der Waals surface area contributed by atoms with Crippen LogP contribution in [0.3, 0.4) is 0 Å². The van der Waals surface area contributed by atoms with Gasteiger partial charge in [0.2, 0.25) is 10.0 Å². The maximum atomic E-state index is 13.4. The summed E-state index contributed by atoms with van der Waals surface area (Å²) in [4.78, 5) is 18.5. The number of benzene rings is 1. The lowest BCUT2D eigenvalue weighted by molar-refractivity contribution is 0.0952. The summed E-state index contributed by atoms with van der Waals surface area (Å²) in [5, 5.41) is 8.50. The minimum atomic E-state index is -3.55. The molecular formula is C26H35N5O3S. The molecule has 2 aromatic heterocycles. The Bertz CT molecular complexity index is 1360. The van der Waals surface area contributed by atoms with Gasteiger partial charge in [0.05, 0.1) is 27.1 Å². The van der Waals surface area contributed by atoms with Gasteiger partial charge in [0, 0.05) is 31.2 Å². The highest BCUT2D eigenvalue weighted by Crippen LogP contribution is 2.41. The zero-order valence-corrected chi connectivity index (χ0v) is 22.4. The largest absolute Gasteiger partial charge is 0.348 e. The first-order valence-corrected chi connectivity index (χ1v) is 13.5. The van der Waals surface area contributed by atoms with E-state index in [0.29, 0.717) is 11.5 Å². The highest BCUT2D eigenvalue weighted by atomic mass is 32.2. The van der Waals surface area contributed by atoms with Crippen molar-refractivity contribution in [1.29, 1.82) is 0 Å². The van der Waals surface area contributed by atoms with E-state index in [1.807, 2.05) is 31.5 Å². The van der Waals surface area contributed by atoms with Crippen LogP contribution in [0.1, 0.15) is 80.7 Å². The van der Waals surface area contributed by atoms with Gasteiger partial charge in [-0.2, -0.15) is 9.40 Å². The molecule has 0 radical (unpaired) electrons. The first kappa shape index (κ1) is 25.3. The fraction of sp³-hybridized carbons (Fsp3) is 0.500. The van der Waals surface area contributed by atoms with Gasteiger partial charge in [0.1, 0.15) is 0 Å². The number of aryl methyl sites for hydroxylation is 1. The molecule has 35 heavy (non-hydrogen) atoms. The van der Waals surface area contributed by atoms with Gasteiger partial charge in [0.15, 0.2) is 5.65 Å². The summed E-state index contributed by atoms with van der Waals surface area (Å²) in [7, 11) is -1.97. The van der Waals surface area contributed by atoms with Gasteiger partial charge >= 0.3 is 0 Å². The minimum absolute atomic E-state index is 0.136. The molecule has 1 aliphatic rings. The predicted octanol–water partition coefficient (Wildman–Crippen LogP) is 4.33. The van der Waals surface area contributed by atoms with Crippen LogP contribution in [0, 0.1) is 6.92 Å². The first-order valence-electron chi connectivity index (χ1n) is 12.1. The number of rotatable bonds is 7. The number of carbonyl (C=O) groups is 1. The van der Waals surface area contributed by atoms with Gasteiger partial charge in [-0.25, -0.2) is 18.1 Å². The molecule has 1 aliphatic carbocycles. The molecule has 0 spiro atoms. The van der Waals surface area contributed by atoms with E-state index in [9.17, 15) is 13.2 Å². The Labute approximate surface area is 207 Å². The average molecular weight is 498 g/mol. The van der Waals surface area contributed by atoms with Crippen molar-refractivity contribution in [3.8, 4) is 0 Å². The number of nitrogens with zero attached hydrogens (tertiary/aromatic N) is 4. The summed E-state index contributed by atoms with van der Waals surface area (Å²) in [6.07, 6.45) is 2.17. The Morgan fingerprint density at radius 1 is 1.20 bits per heavy atom. The molecule has 1 aromatic carbocycles. The van der Waals surface area contributed by atoms with Crippen molar-refractivity contribution >= 4 is 27.0 Å². The monoisotopic (exact) mass is 497 g/mol. The number of hydrogen-bond acceptors (Lipinski definition) is 5. The molecule has 0 bridgehead atoms. The summed E-state index contributed by atoms with van der Waals surface area (Å²) in [6, 6.07) is 8.42. The molecule has 0 saturated heterocycles. The normalized spacial score (nSPS) is 14.8. The second-order valence-corrected chi connectivity index (χ2v) is 12.7. The number of pyridine rings is 1. The maximum Gasteiger partial charge on any atom is 0.252 e. The molecule has 1 fully saturated rings. The molecule has 0 aliphatic heterocycles. The van der Waals surface area contributed by atoms with Gasteiger partial charge < -0.3 is 5.32 Å². The van der Waals surface area contributed by atoms with Crippen molar-refractivity contribution in [3.63, 3.8) is 0 Å². The minimum Gasteiger partial charge on any atom is -0.348 e. The van der Waals surface area contributed by atoms with Crippen molar-refractivity contribution in [2.45, 2.75) is 83.3 Å². The molecule has 1 saturated carbocycles. The molecule has 2 heterocycles. The number of fused-ring (bicyclic) bond motifs is 1. The number of sulfonamides is 1. The van der Waals surface area contributed by atoms with Crippen LogP contribution in [0.4, 0.5) is 0 Å². The topological polar surface area (TPSA) is 97.2 Å². The third kappa shape index (κ3) is 4.97. The molecule has 1 amide bonds. The van der Waals surface area contributed by atoms with E-state index in [4.69, 9.17) is 10.1 Å². The van der Waals surface area contributed by atoms with Crippen molar-refractivity contribution < 1.29 is 13.2 Å². The van der Waals surface area contributed by atoms with Crippen LogP contribution in [0.15, 0.2) is 35.2 Å². The smallest absolute Gasteiger partial charge is 0.252 e. The van der Waals surface area contributed by atoms with Crippen LogP contribution in [-0.2, 0) is 22.1 Å². The van der Waals surface area contributed by atoms with Crippen LogP contribution < -0.4 is 5.32 Å². The van der Waals surface area contributed by atoms with Gasteiger partial charge in [-0.1, -0.05) is 12.1 Å². The number of aromatic nitrogens is 3. The molecule has 0 atom stereocenters. The van der Waals surface area contributed by atoms with E-state index < -0.39 is 10.0 Å². The summed E-state index contributed by atoms with van der Waals surface area (Å²) in [5.41, 5.74) is 3.60. The van der Waals surface area contributed by atoms with Crippen LogP contribution in [0.25, 0.3) is 11.0 Å². The van der Waals surface area contributed by atoms with Gasteiger partial charge in [-0.05, 0) is 78.1 Å². The quantitative estimate of drug-likeness (QED) is 0.524. The second kappa shape index (κ2) is 9.02. The van der Waals surface area contributed by atoms with Crippen molar-refractivity contribution in [2.75, 3.05) is 7.05 Å². The fourth-order valence-electron chi connectivity index (χ4n) is 4.04. The Balaban J connectivity index is 1.59. The molecule has 1 N–H and O–H groups in total. The number of carbonyl (C=O) groups excluding carboxylic acids is 1. The van der Waals surface area contributed by atoms with Crippen molar-refractivity contribution in [2.24, 2.45) is 0 Å². The zero-order valence-electron chi connectivity index (χ0n) is 21.6. The Morgan fingerprint density at radius 3 is 2.37 bits per heavy atom. The molecule has 9 heteroatoms. The first-order chi connectivity index (χ1) is 16.3. The lowest BCUT2D eigenvalue weighted by atomic mass is 10.1. The predicted molar refractivity (Wildman–Crippen MR) is 137 cm³/mol. The highest BCUT2D eigenvalue weighted by molar-refractivity contribution is 7.89. The third-order valence-electron chi connectivity index (χ3n) is 6.49. The van der Waals surface area contributed by atoms with Crippen molar-refractivity contribution in [1.82, 2.24) is 24.4 Å². The molecule has 188 valence electrons. The van der Waals surface area contributed by atoms with Crippen LogP contribution in [0.2, 0.25) is 0 Å². The second-order valence-electron chi connectivity index (χ2n) is 10.7. The van der Waals surface area contributed by atoms with Crippen LogP contribution in [0.5, 0.6) is 0 Å². The van der Waals surface area contributed by atoms with E-state index in [-0.39, 0.29) is 28.9 Å². The Hall–Kier alpha value is -2.78. The summed E-state index contributed by atoms with van der Waals surface area (Å²) < 4.78 is 28.7. The lowest BCUT2D eigenvalue weighted by Gasteiger charge is -2.21. The summed E-state index contributed by atoms with van der Waals surface area (Å²) in [5.74, 6) is 0.208. The zero-order chi connectivity index (χ0) is 25.7. The van der Waals surface area contributed by atoms with E-state index in [2.05, 4.69) is 26.1 Å². The van der Waals surface area contributed by atoms with Gasteiger partial charge in [0.25, 0.3) is 5.91 Å². The Morgan fingerprint density at radius 2 is 1.83 bits per heavy atom. The third-order valence-corrected chi connectivity index (χ3v) is 8.54. The number of hydrogen-bond donors (Lipinski definition) is 1. The van der Waals surface area contributed by atoms with Crippen LogP contribution >= 0.6 is 0 Å². The van der Waals surface area contributed by atoms with Gasteiger partial charge in [-0.3, -0.25) is 4.79 Å². The van der Waals surface area contributed by atoms with Crippen LogP contribution in [-0.4, -0.2) is 46.5 Å². The van der Waals surface area contributed by atoms with E-state index in [1.54, 1.807) is 31.3 Å². The van der Waals surface area contributed by atoms with Crippen molar-refractivity contribution in [3.05, 3.63) is 52.8 Å². The Kier molecular flexibility index (Phi) is 6.53. The summed E-state index contributed by atoms with van der Waals surface area (Å²) >= 11 is 0. The molecule has 4 rings (SSSR count). The molecule has 8 nitrogen and oxygen atoms in total. The highest BCUT2D eigenvalue weighted by Gasteiger charge is 2.30. The fourth-order valence-corrected chi connectivity index (χ4v) is 5.41. The van der Waals surface area contributed by atoms with E-state index in [0.717, 1.165) is 40.8 Å². The maximum absolute atomic E-state index is 13.4. The molecular weight excluding hydrogens is 462 g/mol. The average Bonchev–Trinajstić information content (AvgIpc) is 3.59. The van der Waals surface area contributed by atoms with E-state index in [1.165, 1.54) is 4.31 Å². The number of amides is 1. The van der Waals surface area contributed by atoms with E-state index >= 15 is 0 Å². The molecule has 0 unspecified atom stereocenters. The van der Waals surface area contributed by atoms with Gasteiger partial charge in [-0.15, -0.1) is 0 Å². The number of nitrogens with one attached hydrogen (secondary N) is 1. The summed E-state index contributed by atoms with van der Waals surface area (Å²) in [6.45, 7) is 12.1. The standard InChI is InChI=1S/C26H35N5O3S/c1-16(2)30(7)35(33,34)20-12-8-18(9-13-20)15-27-25(32)21-14-22(19-10-11-19)28-24-23(21)17(3)29-31(24)26(4,5)6/h8-9,12-14,16,19H,10-11,15H2,1-7H3,(H,27,32). The lowest BCUT2D eigenvalue weighted by Crippen LogP contribution is -2.33.